The summed E-state index contributed by atoms with van der Waals surface area (Å²) in [6.45, 7) is 2.95. The minimum Gasteiger partial charge on any atom is -0.322 e. The average Bonchev–Trinajstić information content (AvgIpc) is 2.98. The Hall–Kier alpha value is -3.43. The molecule has 0 aliphatic carbocycles. The van der Waals surface area contributed by atoms with Crippen molar-refractivity contribution in [2.75, 3.05) is 5.32 Å². The van der Waals surface area contributed by atoms with Crippen LogP contribution in [-0.2, 0) is 6.18 Å². The number of aryl methyl sites for hydroxylation is 1. The Morgan fingerprint density at radius 2 is 1.93 bits per heavy atom. The third kappa shape index (κ3) is 3.73. The molecule has 27 heavy (non-hydrogen) atoms. The van der Waals surface area contributed by atoms with Gasteiger partial charge in [0, 0.05) is 11.8 Å². The fourth-order valence-electron chi connectivity index (χ4n) is 2.52. The van der Waals surface area contributed by atoms with Crippen LogP contribution in [0.2, 0.25) is 0 Å². The van der Waals surface area contributed by atoms with E-state index in [0.29, 0.717) is 11.5 Å². The van der Waals surface area contributed by atoms with Crippen molar-refractivity contribution in [1.29, 1.82) is 0 Å². The minimum atomic E-state index is -4.51. The summed E-state index contributed by atoms with van der Waals surface area (Å²) < 4.78 is 40.4. The van der Waals surface area contributed by atoms with Crippen LogP contribution in [0.1, 0.15) is 27.2 Å². The monoisotopic (exact) mass is 377 g/mol. The molecule has 0 fully saturated rings. The minimum absolute atomic E-state index is 0.0206. The van der Waals surface area contributed by atoms with Gasteiger partial charge in [-0.25, -0.2) is 9.78 Å². The van der Waals surface area contributed by atoms with E-state index in [2.05, 4.69) is 20.6 Å². The maximum absolute atomic E-state index is 13.0. The number of H-pyrrole nitrogens is 1. The molecule has 0 unspecified atom stereocenters. The molecule has 0 saturated carbocycles. The van der Waals surface area contributed by atoms with Gasteiger partial charge in [0.1, 0.15) is 0 Å². The molecule has 0 spiro atoms. The third-order valence-electron chi connectivity index (χ3n) is 3.94. The molecule has 1 amide bonds. The Morgan fingerprint density at radius 1 is 1.19 bits per heavy atom. The van der Waals surface area contributed by atoms with Gasteiger partial charge in [0.05, 0.1) is 23.0 Å². The lowest BCUT2D eigenvalue weighted by Gasteiger charge is -2.12. The second kappa shape index (κ2) is 6.71. The van der Waals surface area contributed by atoms with E-state index in [-0.39, 0.29) is 22.4 Å². The van der Waals surface area contributed by atoms with Crippen LogP contribution >= 0.6 is 0 Å². The summed E-state index contributed by atoms with van der Waals surface area (Å²) in [4.78, 5) is 23.5. The second-order valence-electron chi connectivity index (χ2n) is 5.82. The largest absolute Gasteiger partial charge is 0.416 e. The SMILES string of the molecule is Cc1ccc(NC(=O)c2cnn(-c3ccc(=O)[nH]n3)c2C)cc1C(F)(F)F. The molecule has 2 N–H and O–H groups in total. The van der Waals surface area contributed by atoms with E-state index in [0.717, 1.165) is 6.07 Å². The molecule has 2 aromatic heterocycles. The van der Waals surface area contributed by atoms with Crippen molar-refractivity contribution in [1.82, 2.24) is 20.0 Å². The van der Waals surface area contributed by atoms with Gasteiger partial charge in [0.15, 0.2) is 5.82 Å². The predicted octanol–water partition coefficient (Wildman–Crippen LogP) is 2.84. The summed E-state index contributed by atoms with van der Waals surface area (Å²) in [6.07, 6.45) is -3.24. The molecule has 10 heteroatoms. The Labute approximate surface area is 150 Å². The van der Waals surface area contributed by atoms with Crippen molar-refractivity contribution in [2.45, 2.75) is 20.0 Å². The van der Waals surface area contributed by atoms with E-state index < -0.39 is 17.6 Å². The highest BCUT2D eigenvalue weighted by Gasteiger charge is 2.32. The number of anilines is 1. The van der Waals surface area contributed by atoms with E-state index >= 15 is 0 Å². The number of nitrogens with zero attached hydrogens (tertiary/aromatic N) is 3. The van der Waals surface area contributed by atoms with Crippen LogP contribution in [0.3, 0.4) is 0 Å². The number of hydrogen-bond donors (Lipinski definition) is 2. The number of alkyl halides is 3. The maximum Gasteiger partial charge on any atom is 0.416 e. The van der Waals surface area contributed by atoms with E-state index in [4.69, 9.17) is 0 Å². The lowest BCUT2D eigenvalue weighted by atomic mass is 10.1. The number of hydrogen-bond acceptors (Lipinski definition) is 4. The number of carbonyl (C=O) groups is 1. The van der Waals surface area contributed by atoms with Crippen LogP contribution in [0.15, 0.2) is 41.3 Å². The van der Waals surface area contributed by atoms with E-state index in [1.165, 1.54) is 42.1 Å². The zero-order valence-corrected chi connectivity index (χ0v) is 14.3. The Kier molecular flexibility index (Phi) is 4.56. The third-order valence-corrected chi connectivity index (χ3v) is 3.94. The van der Waals surface area contributed by atoms with Crippen LogP contribution in [0.5, 0.6) is 0 Å². The van der Waals surface area contributed by atoms with E-state index in [1.807, 2.05) is 0 Å². The molecule has 2 heterocycles. The standard InChI is InChI=1S/C17H14F3N5O2/c1-9-3-4-11(7-13(9)17(18,19)20)22-16(27)12-8-21-25(10(12)2)14-5-6-15(26)24-23-14/h3-8H,1-2H3,(H,22,27)(H,24,26). The summed E-state index contributed by atoms with van der Waals surface area (Å²) in [7, 11) is 0. The zero-order valence-electron chi connectivity index (χ0n) is 14.3. The van der Waals surface area contributed by atoms with Crippen LogP contribution in [0.25, 0.3) is 5.82 Å². The molecule has 3 aromatic rings. The fraction of sp³-hybridized carbons (Fsp3) is 0.176. The molecule has 3 rings (SSSR count). The van der Waals surface area contributed by atoms with Crippen LogP contribution in [0, 0.1) is 13.8 Å². The highest BCUT2D eigenvalue weighted by atomic mass is 19.4. The summed E-state index contributed by atoms with van der Waals surface area (Å²) >= 11 is 0. The number of aromatic amines is 1. The Morgan fingerprint density at radius 3 is 2.56 bits per heavy atom. The molecule has 0 saturated heterocycles. The normalized spacial score (nSPS) is 11.4. The number of benzene rings is 1. The molecule has 1 aromatic carbocycles. The number of nitrogens with one attached hydrogen (secondary N) is 2. The molecule has 0 atom stereocenters. The number of aromatic nitrogens is 4. The molecule has 140 valence electrons. The van der Waals surface area contributed by atoms with Gasteiger partial charge >= 0.3 is 6.18 Å². The van der Waals surface area contributed by atoms with Crippen molar-refractivity contribution in [3.63, 3.8) is 0 Å². The first-order valence-electron chi connectivity index (χ1n) is 7.77. The van der Waals surface area contributed by atoms with Crippen LogP contribution in [0.4, 0.5) is 18.9 Å². The van der Waals surface area contributed by atoms with Gasteiger partial charge < -0.3 is 5.32 Å². The van der Waals surface area contributed by atoms with Gasteiger partial charge in [-0.1, -0.05) is 6.07 Å². The lowest BCUT2D eigenvalue weighted by molar-refractivity contribution is -0.138. The molecule has 0 aliphatic rings. The zero-order chi connectivity index (χ0) is 19.8. The number of amides is 1. The van der Waals surface area contributed by atoms with Gasteiger partial charge in [-0.2, -0.15) is 23.4 Å². The van der Waals surface area contributed by atoms with Crippen molar-refractivity contribution >= 4 is 11.6 Å². The Balaban J connectivity index is 1.88. The topological polar surface area (TPSA) is 92.7 Å². The second-order valence-corrected chi connectivity index (χ2v) is 5.82. The van der Waals surface area contributed by atoms with E-state index in [9.17, 15) is 22.8 Å². The first kappa shape index (κ1) is 18.4. The fourth-order valence-corrected chi connectivity index (χ4v) is 2.52. The number of halogens is 3. The Bertz CT molecular complexity index is 1050. The van der Waals surface area contributed by atoms with Crippen molar-refractivity contribution in [3.05, 3.63) is 69.3 Å². The maximum atomic E-state index is 13.0. The summed E-state index contributed by atoms with van der Waals surface area (Å²) in [6, 6.07) is 6.26. The van der Waals surface area contributed by atoms with Crippen LogP contribution in [-0.4, -0.2) is 25.9 Å². The van der Waals surface area contributed by atoms with Gasteiger partial charge in [-0.3, -0.25) is 9.59 Å². The molecule has 0 bridgehead atoms. The quantitative estimate of drug-likeness (QED) is 0.734. The molecule has 0 aliphatic heterocycles. The van der Waals surface area contributed by atoms with Gasteiger partial charge in [0.2, 0.25) is 0 Å². The van der Waals surface area contributed by atoms with Crippen molar-refractivity contribution < 1.29 is 18.0 Å². The highest BCUT2D eigenvalue weighted by Crippen LogP contribution is 2.33. The van der Waals surface area contributed by atoms with Crippen molar-refractivity contribution in [3.8, 4) is 5.82 Å². The molecular formula is C17H14F3N5O2. The van der Waals surface area contributed by atoms with Gasteiger partial charge in [-0.15, -0.1) is 0 Å². The summed E-state index contributed by atoms with van der Waals surface area (Å²) in [5.74, 6) is -0.319. The molecular weight excluding hydrogens is 363 g/mol. The first-order chi connectivity index (χ1) is 12.7. The smallest absolute Gasteiger partial charge is 0.322 e. The first-order valence-corrected chi connectivity index (χ1v) is 7.77. The summed E-state index contributed by atoms with van der Waals surface area (Å²) in [5, 5.41) is 12.6. The lowest BCUT2D eigenvalue weighted by Crippen LogP contribution is -2.15. The summed E-state index contributed by atoms with van der Waals surface area (Å²) in [5.41, 5.74) is -0.542. The van der Waals surface area contributed by atoms with Gasteiger partial charge in [-0.05, 0) is 37.6 Å². The molecule has 7 nitrogen and oxygen atoms in total. The van der Waals surface area contributed by atoms with Gasteiger partial charge in [0.25, 0.3) is 11.5 Å². The number of rotatable bonds is 3. The predicted molar refractivity (Wildman–Crippen MR) is 90.9 cm³/mol. The number of carbonyl (C=O) groups excluding carboxylic acids is 1. The molecule has 0 radical (unpaired) electrons. The highest BCUT2D eigenvalue weighted by molar-refractivity contribution is 6.05. The van der Waals surface area contributed by atoms with Crippen molar-refractivity contribution in [2.24, 2.45) is 0 Å². The average molecular weight is 377 g/mol. The van der Waals surface area contributed by atoms with E-state index in [1.54, 1.807) is 6.92 Å². The van der Waals surface area contributed by atoms with Crippen LogP contribution < -0.4 is 10.9 Å².